The van der Waals surface area contributed by atoms with Crippen LogP contribution in [-0.4, -0.2) is 29.7 Å². The second-order valence-electron chi connectivity index (χ2n) is 14.6. The lowest BCUT2D eigenvalue weighted by Gasteiger charge is -2.60. The minimum Gasteiger partial charge on any atom is -0.362 e. The summed E-state index contributed by atoms with van der Waals surface area (Å²) in [6, 6.07) is 0. The largest absolute Gasteiger partial charge is 0.362 e. The highest BCUT2D eigenvalue weighted by atomic mass is 16.8. The number of epoxide rings is 1. The van der Waals surface area contributed by atoms with Crippen molar-refractivity contribution in [2.24, 2.45) is 46.3 Å². The molecule has 6 rings (SSSR count). The average molecular weight is 459 g/mol. The highest BCUT2D eigenvalue weighted by molar-refractivity contribution is 5.28. The van der Waals surface area contributed by atoms with Crippen molar-refractivity contribution in [3.63, 3.8) is 0 Å². The van der Waals surface area contributed by atoms with Crippen molar-refractivity contribution in [1.29, 1.82) is 0 Å². The molecule has 0 amide bonds. The van der Waals surface area contributed by atoms with Gasteiger partial charge in [-0.1, -0.05) is 53.9 Å². The molecule has 0 radical (unpaired) electrons. The molecular formula is C30H50O3. The standard InChI is InChI=1S/C30H50O3/c1-18(2)9-8-10-19(3)21-11-12-22-20-17-25-30(32-25)26-24(31-27(4,5)33-26)14-16-29(30,7)23(20)13-15-28(21,22)6/h18-26H,8-17H2,1-7H3/t19-,20-,21-,22+,23+,24+,25-,26+,28+,29+,30+/m0/s1. The fourth-order valence-electron chi connectivity index (χ4n) is 10.7. The van der Waals surface area contributed by atoms with Crippen LogP contribution in [0.1, 0.15) is 113 Å². The van der Waals surface area contributed by atoms with E-state index in [1.807, 2.05) is 0 Å². The van der Waals surface area contributed by atoms with Gasteiger partial charge in [0.1, 0.15) is 11.7 Å². The van der Waals surface area contributed by atoms with Gasteiger partial charge in [-0.2, -0.15) is 0 Å². The Labute approximate surface area is 203 Å². The summed E-state index contributed by atoms with van der Waals surface area (Å²) in [5.74, 6) is 4.76. The van der Waals surface area contributed by atoms with Gasteiger partial charge in [-0.3, -0.25) is 0 Å². The number of hydrogen-bond donors (Lipinski definition) is 0. The van der Waals surface area contributed by atoms with Crippen LogP contribution in [0.5, 0.6) is 0 Å². The molecule has 0 aromatic rings. The Balaban J connectivity index is 1.22. The predicted octanol–water partition coefficient (Wildman–Crippen LogP) is 7.37. The molecular weight excluding hydrogens is 408 g/mol. The molecule has 188 valence electrons. The molecule has 3 nitrogen and oxygen atoms in total. The van der Waals surface area contributed by atoms with Gasteiger partial charge in [0.25, 0.3) is 0 Å². The minimum absolute atomic E-state index is 0.0687. The summed E-state index contributed by atoms with van der Waals surface area (Å²) in [6.07, 6.45) is 14.5. The quantitative estimate of drug-likeness (QED) is 0.403. The molecule has 2 heterocycles. The third-order valence-electron chi connectivity index (χ3n) is 12.1. The van der Waals surface area contributed by atoms with E-state index in [1.165, 1.54) is 57.8 Å². The van der Waals surface area contributed by atoms with E-state index in [0.29, 0.717) is 11.5 Å². The van der Waals surface area contributed by atoms with Crippen molar-refractivity contribution < 1.29 is 14.2 Å². The van der Waals surface area contributed by atoms with Crippen molar-refractivity contribution in [2.75, 3.05) is 0 Å². The number of hydrogen-bond acceptors (Lipinski definition) is 3. The summed E-state index contributed by atoms with van der Waals surface area (Å²) in [5.41, 5.74) is 0.740. The Hall–Kier alpha value is -0.120. The molecule has 2 aliphatic heterocycles. The van der Waals surface area contributed by atoms with Crippen molar-refractivity contribution in [1.82, 2.24) is 0 Å². The number of fused-ring (bicyclic) bond motifs is 5. The first-order valence-corrected chi connectivity index (χ1v) is 14.6. The third-order valence-corrected chi connectivity index (χ3v) is 12.1. The van der Waals surface area contributed by atoms with E-state index in [-0.39, 0.29) is 23.2 Å². The minimum atomic E-state index is -0.460. The summed E-state index contributed by atoms with van der Waals surface area (Å²) in [5, 5.41) is 0. The van der Waals surface area contributed by atoms with Gasteiger partial charge in [0, 0.05) is 5.41 Å². The lowest BCUT2D eigenvalue weighted by molar-refractivity contribution is -0.166. The molecule has 33 heavy (non-hydrogen) atoms. The summed E-state index contributed by atoms with van der Waals surface area (Å²) < 4.78 is 19.7. The van der Waals surface area contributed by atoms with Gasteiger partial charge in [-0.15, -0.1) is 0 Å². The van der Waals surface area contributed by atoms with Gasteiger partial charge < -0.3 is 14.2 Å². The molecule has 0 N–H and O–H groups in total. The Morgan fingerprint density at radius 1 is 0.818 bits per heavy atom. The highest BCUT2D eigenvalue weighted by Gasteiger charge is 2.81. The van der Waals surface area contributed by atoms with E-state index >= 15 is 0 Å². The molecule has 3 heteroatoms. The van der Waals surface area contributed by atoms with E-state index < -0.39 is 5.79 Å². The van der Waals surface area contributed by atoms with Gasteiger partial charge in [0.2, 0.25) is 0 Å². The fourth-order valence-corrected chi connectivity index (χ4v) is 10.7. The zero-order valence-corrected chi connectivity index (χ0v) is 22.5. The van der Waals surface area contributed by atoms with Crippen LogP contribution in [0.25, 0.3) is 0 Å². The highest BCUT2D eigenvalue weighted by Crippen LogP contribution is 2.75. The SMILES string of the molecule is CC(C)CCC[C@H](C)[C@@H]1CC[C@@H]2[C@@H]3C[C@@H]4O[C@@]45[C@@H]4OC(C)(C)O[C@@H]4CC[C@]5(C)[C@@H]3CC[C@@]21C. The van der Waals surface area contributed by atoms with Gasteiger partial charge >= 0.3 is 0 Å². The van der Waals surface area contributed by atoms with E-state index in [2.05, 4.69) is 48.5 Å². The van der Waals surface area contributed by atoms with Crippen LogP contribution in [0.15, 0.2) is 0 Å². The van der Waals surface area contributed by atoms with Gasteiger partial charge in [-0.25, -0.2) is 0 Å². The van der Waals surface area contributed by atoms with E-state index in [0.717, 1.165) is 41.9 Å². The lowest BCUT2D eigenvalue weighted by Crippen LogP contribution is -2.63. The molecule has 0 aromatic carbocycles. The Morgan fingerprint density at radius 2 is 1.61 bits per heavy atom. The summed E-state index contributed by atoms with van der Waals surface area (Å²) in [7, 11) is 0. The van der Waals surface area contributed by atoms with E-state index in [1.54, 1.807) is 0 Å². The Kier molecular flexibility index (Phi) is 5.26. The molecule has 11 atom stereocenters. The first kappa shape index (κ1) is 23.3. The molecule has 6 aliphatic rings. The maximum atomic E-state index is 6.80. The maximum absolute atomic E-state index is 6.80. The summed E-state index contributed by atoms with van der Waals surface area (Å²) >= 11 is 0. The molecule has 1 spiro atoms. The topological polar surface area (TPSA) is 31.0 Å². The fraction of sp³-hybridized carbons (Fsp3) is 1.00. The van der Waals surface area contributed by atoms with Gasteiger partial charge in [0.15, 0.2) is 5.79 Å². The summed E-state index contributed by atoms with van der Waals surface area (Å²) in [4.78, 5) is 0. The van der Waals surface area contributed by atoms with Crippen molar-refractivity contribution in [3.05, 3.63) is 0 Å². The molecule has 0 aromatic heterocycles. The van der Waals surface area contributed by atoms with E-state index in [9.17, 15) is 0 Å². The number of ether oxygens (including phenoxy) is 3. The van der Waals surface area contributed by atoms with Crippen LogP contribution < -0.4 is 0 Å². The number of rotatable bonds is 5. The Bertz CT molecular complexity index is 777. The smallest absolute Gasteiger partial charge is 0.163 e. The normalized spacial score (nSPS) is 54.7. The monoisotopic (exact) mass is 458 g/mol. The lowest BCUT2D eigenvalue weighted by atomic mass is 9.44. The zero-order valence-electron chi connectivity index (χ0n) is 22.5. The van der Waals surface area contributed by atoms with Gasteiger partial charge in [-0.05, 0) is 99.7 Å². The second kappa shape index (κ2) is 7.45. The summed E-state index contributed by atoms with van der Waals surface area (Å²) in [6.45, 7) is 16.8. The van der Waals surface area contributed by atoms with Crippen LogP contribution >= 0.6 is 0 Å². The molecule has 2 saturated heterocycles. The average Bonchev–Trinajstić information content (AvgIpc) is 3.21. The molecule has 0 bridgehead atoms. The third kappa shape index (κ3) is 3.16. The van der Waals surface area contributed by atoms with Gasteiger partial charge in [0.05, 0.1) is 12.2 Å². The predicted molar refractivity (Wildman–Crippen MR) is 132 cm³/mol. The first-order valence-electron chi connectivity index (χ1n) is 14.6. The maximum Gasteiger partial charge on any atom is 0.163 e. The van der Waals surface area contributed by atoms with Crippen LogP contribution in [0.4, 0.5) is 0 Å². The Morgan fingerprint density at radius 3 is 2.36 bits per heavy atom. The molecule has 6 fully saturated rings. The molecule has 4 aliphatic carbocycles. The van der Waals surface area contributed by atoms with Crippen LogP contribution in [0.2, 0.25) is 0 Å². The van der Waals surface area contributed by atoms with Crippen molar-refractivity contribution >= 4 is 0 Å². The second-order valence-corrected chi connectivity index (χ2v) is 14.6. The first-order chi connectivity index (χ1) is 15.5. The van der Waals surface area contributed by atoms with Crippen molar-refractivity contribution in [2.45, 2.75) is 142 Å². The zero-order chi connectivity index (χ0) is 23.4. The van der Waals surface area contributed by atoms with Crippen LogP contribution in [-0.2, 0) is 14.2 Å². The van der Waals surface area contributed by atoms with Crippen LogP contribution in [0, 0.1) is 46.3 Å². The molecule has 4 saturated carbocycles. The van der Waals surface area contributed by atoms with E-state index in [4.69, 9.17) is 14.2 Å². The van der Waals surface area contributed by atoms with Crippen LogP contribution in [0.3, 0.4) is 0 Å². The molecule has 0 unspecified atom stereocenters. The van der Waals surface area contributed by atoms with Crippen molar-refractivity contribution in [3.8, 4) is 0 Å².